The maximum atomic E-state index is 12.0. The van der Waals surface area contributed by atoms with Gasteiger partial charge < -0.3 is 10.5 Å². The lowest BCUT2D eigenvalue weighted by Crippen LogP contribution is -2.32. The minimum atomic E-state index is -3.49. The van der Waals surface area contributed by atoms with Gasteiger partial charge in [0.25, 0.3) is 0 Å². The molecule has 1 aromatic rings. The highest BCUT2D eigenvalue weighted by Crippen LogP contribution is 2.15. The van der Waals surface area contributed by atoms with E-state index in [0.29, 0.717) is 25.7 Å². The number of pyridine rings is 1. The molecule has 0 unspecified atom stereocenters. The number of nitrogens with one attached hydrogen (secondary N) is 1. The molecule has 2 heterocycles. The van der Waals surface area contributed by atoms with E-state index in [1.165, 1.54) is 18.3 Å². The van der Waals surface area contributed by atoms with Crippen LogP contribution in [0, 0.1) is 5.92 Å². The van der Waals surface area contributed by atoms with Crippen molar-refractivity contribution >= 4 is 15.8 Å². The molecule has 1 saturated heterocycles. The quantitative estimate of drug-likeness (QED) is 0.825. The summed E-state index contributed by atoms with van der Waals surface area (Å²) >= 11 is 0. The van der Waals surface area contributed by atoms with E-state index in [9.17, 15) is 8.42 Å². The molecule has 100 valence electrons. The van der Waals surface area contributed by atoms with Crippen LogP contribution in [0.5, 0.6) is 0 Å². The summed E-state index contributed by atoms with van der Waals surface area (Å²) in [5.74, 6) is 0.539. The van der Waals surface area contributed by atoms with E-state index in [2.05, 4.69) is 9.71 Å². The molecule has 0 bridgehead atoms. The number of rotatable bonds is 4. The normalized spacial score (nSPS) is 17.8. The Morgan fingerprint density at radius 2 is 2.17 bits per heavy atom. The topological polar surface area (TPSA) is 94.3 Å². The highest BCUT2D eigenvalue weighted by molar-refractivity contribution is 7.89. The second-order valence-corrected chi connectivity index (χ2v) is 6.09. The average molecular weight is 271 g/mol. The fourth-order valence-corrected chi connectivity index (χ4v) is 2.99. The zero-order valence-electron chi connectivity index (χ0n) is 10.0. The van der Waals surface area contributed by atoms with Gasteiger partial charge >= 0.3 is 0 Å². The number of hydrogen-bond acceptors (Lipinski definition) is 5. The van der Waals surface area contributed by atoms with Crippen molar-refractivity contribution in [2.24, 2.45) is 5.92 Å². The molecule has 0 aliphatic carbocycles. The summed E-state index contributed by atoms with van der Waals surface area (Å²) in [6, 6.07) is 2.79. The standard InChI is InChI=1S/C11H17N3O3S/c12-11-7-10(1-4-13-11)18(15,16)14-8-9-2-5-17-6-3-9/h1,4,7,9,14H,2-3,5-6,8H2,(H2,12,13). The molecule has 1 fully saturated rings. The van der Waals surface area contributed by atoms with Crippen molar-refractivity contribution in [3.05, 3.63) is 18.3 Å². The van der Waals surface area contributed by atoms with Crippen LogP contribution in [-0.4, -0.2) is 33.2 Å². The van der Waals surface area contributed by atoms with Crippen molar-refractivity contribution < 1.29 is 13.2 Å². The van der Waals surface area contributed by atoms with Crippen LogP contribution in [-0.2, 0) is 14.8 Å². The summed E-state index contributed by atoms with van der Waals surface area (Å²) < 4.78 is 31.8. The van der Waals surface area contributed by atoms with Gasteiger partial charge in [0.2, 0.25) is 10.0 Å². The van der Waals surface area contributed by atoms with Gasteiger partial charge in [0.15, 0.2) is 0 Å². The summed E-state index contributed by atoms with van der Waals surface area (Å²) in [4.78, 5) is 3.93. The number of sulfonamides is 1. The summed E-state index contributed by atoms with van der Waals surface area (Å²) in [6.45, 7) is 1.84. The van der Waals surface area contributed by atoms with Crippen LogP contribution in [0.25, 0.3) is 0 Å². The van der Waals surface area contributed by atoms with Gasteiger partial charge in [-0.15, -0.1) is 0 Å². The second kappa shape index (κ2) is 5.64. The molecule has 1 aliphatic rings. The Morgan fingerprint density at radius 1 is 1.44 bits per heavy atom. The lowest BCUT2D eigenvalue weighted by Gasteiger charge is -2.22. The highest BCUT2D eigenvalue weighted by atomic mass is 32.2. The number of nitrogens with two attached hydrogens (primary N) is 1. The minimum absolute atomic E-state index is 0.155. The van der Waals surface area contributed by atoms with Crippen LogP contribution in [0.2, 0.25) is 0 Å². The Hall–Kier alpha value is -1.18. The van der Waals surface area contributed by atoms with Crippen molar-refractivity contribution in [1.82, 2.24) is 9.71 Å². The first-order chi connectivity index (χ1) is 8.58. The van der Waals surface area contributed by atoms with Gasteiger partial charge in [-0.3, -0.25) is 0 Å². The fourth-order valence-electron chi connectivity index (χ4n) is 1.86. The van der Waals surface area contributed by atoms with Gasteiger partial charge in [-0.05, 0) is 24.8 Å². The summed E-state index contributed by atoms with van der Waals surface area (Å²) in [5.41, 5.74) is 5.47. The van der Waals surface area contributed by atoms with Crippen LogP contribution in [0.4, 0.5) is 5.82 Å². The van der Waals surface area contributed by atoms with Crippen molar-refractivity contribution in [3.8, 4) is 0 Å². The molecule has 0 amide bonds. The van der Waals surface area contributed by atoms with Gasteiger partial charge in [0.1, 0.15) is 5.82 Å². The SMILES string of the molecule is Nc1cc(S(=O)(=O)NCC2CCOCC2)ccn1. The summed E-state index contributed by atoms with van der Waals surface area (Å²) in [5, 5.41) is 0. The lowest BCUT2D eigenvalue weighted by atomic mass is 10.0. The van der Waals surface area contributed by atoms with Crippen molar-refractivity contribution in [2.45, 2.75) is 17.7 Å². The number of nitrogen functional groups attached to an aromatic ring is 1. The molecule has 0 saturated carbocycles. The second-order valence-electron chi connectivity index (χ2n) is 4.32. The van der Waals surface area contributed by atoms with E-state index < -0.39 is 10.0 Å². The zero-order valence-corrected chi connectivity index (χ0v) is 10.8. The third kappa shape index (κ3) is 3.41. The van der Waals surface area contributed by atoms with Gasteiger partial charge in [-0.2, -0.15) is 0 Å². The minimum Gasteiger partial charge on any atom is -0.384 e. The van der Waals surface area contributed by atoms with Crippen LogP contribution < -0.4 is 10.5 Å². The molecule has 7 heteroatoms. The molecule has 1 aliphatic heterocycles. The van der Waals surface area contributed by atoms with Crippen LogP contribution in [0.15, 0.2) is 23.2 Å². The lowest BCUT2D eigenvalue weighted by molar-refractivity contribution is 0.0678. The molecule has 6 nitrogen and oxygen atoms in total. The maximum absolute atomic E-state index is 12.0. The van der Waals surface area contributed by atoms with Gasteiger partial charge in [0, 0.05) is 32.0 Å². The molecule has 2 rings (SSSR count). The predicted octanol–water partition coefficient (Wildman–Crippen LogP) is 0.369. The molecule has 0 aromatic carbocycles. The number of nitrogens with zero attached hydrogens (tertiary/aromatic N) is 1. The van der Waals surface area contributed by atoms with Crippen LogP contribution in [0.3, 0.4) is 0 Å². The summed E-state index contributed by atoms with van der Waals surface area (Å²) in [7, 11) is -3.49. The molecule has 0 radical (unpaired) electrons. The van der Waals surface area contributed by atoms with Gasteiger partial charge in [0.05, 0.1) is 4.90 Å². The van der Waals surface area contributed by atoms with Gasteiger partial charge in [-0.25, -0.2) is 18.1 Å². The van der Waals surface area contributed by atoms with E-state index in [0.717, 1.165) is 12.8 Å². The zero-order chi connectivity index (χ0) is 13.0. The van der Waals surface area contributed by atoms with Crippen LogP contribution in [0.1, 0.15) is 12.8 Å². The molecular weight excluding hydrogens is 254 g/mol. The Labute approximate surface area is 107 Å². The number of ether oxygens (including phenoxy) is 1. The predicted molar refractivity (Wildman–Crippen MR) is 67.4 cm³/mol. The fraction of sp³-hybridized carbons (Fsp3) is 0.545. The van der Waals surface area contributed by atoms with Crippen molar-refractivity contribution in [2.75, 3.05) is 25.5 Å². The molecule has 3 N–H and O–H groups in total. The maximum Gasteiger partial charge on any atom is 0.240 e. The first-order valence-corrected chi connectivity index (χ1v) is 7.35. The third-order valence-corrected chi connectivity index (χ3v) is 4.39. The summed E-state index contributed by atoms with van der Waals surface area (Å²) in [6.07, 6.45) is 3.17. The monoisotopic (exact) mass is 271 g/mol. The Bertz CT molecular complexity index is 498. The Kier molecular flexibility index (Phi) is 4.15. The Balaban J connectivity index is 1.98. The number of anilines is 1. The van der Waals surface area contributed by atoms with E-state index in [1.807, 2.05) is 0 Å². The largest absolute Gasteiger partial charge is 0.384 e. The average Bonchev–Trinajstić information content (AvgIpc) is 2.38. The molecule has 0 atom stereocenters. The number of aromatic nitrogens is 1. The van der Waals surface area contributed by atoms with Crippen molar-refractivity contribution in [3.63, 3.8) is 0 Å². The molecule has 0 spiro atoms. The first kappa shape index (κ1) is 13.3. The van der Waals surface area contributed by atoms with Crippen molar-refractivity contribution in [1.29, 1.82) is 0 Å². The van der Waals surface area contributed by atoms with Gasteiger partial charge in [-0.1, -0.05) is 0 Å². The Morgan fingerprint density at radius 3 is 2.83 bits per heavy atom. The van der Waals surface area contributed by atoms with E-state index in [-0.39, 0.29) is 10.7 Å². The molecular formula is C11H17N3O3S. The highest BCUT2D eigenvalue weighted by Gasteiger charge is 2.19. The number of hydrogen-bond donors (Lipinski definition) is 2. The smallest absolute Gasteiger partial charge is 0.240 e. The molecule has 18 heavy (non-hydrogen) atoms. The third-order valence-electron chi connectivity index (χ3n) is 2.97. The van der Waals surface area contributed by atoms with E-state index in [4.69, 9.17) is 10.5 Å². The molecule has 1 aromatic heterocycles. The first-order valence-electron chi connectivity index (χ1n) is 5.87. The van der Waals surface area contributed by atoms with Crippen LogP contribution >= 0.6 is 0 Å². The van der Waals surface area contributed by atoms with E-state index in [1.54, 1.807) is 0 Å². The van der Waals surface area contributed by atoms with E-state index >= 15 is 0 Å².